The molecule has 2 amide bonds. The molecular weight excluding hydrogens is 508 g/mol. The van der Waals surface area contributed by atoms with E-state index in [0.717, 1.165) is 4.90 Å². The number of halogens is 5. The van der Waals surface area contributed by atoms with Crippen LogP contribution in [0.25, 0.3) is 0 Å². The summed E-state index contributed by atoms with van der Waals surface area (Å²) in [6, 6.07) is 10.9. The van der Waals surface area contributed by atoms with Gasteiger partial charge >= 0.3 is 12.3 Å². The zero-order valence-electron chi connectivity index (χ0n) is 19.4. The van der Waals surface area contributed by atoms with Crippen molar-refractivity contribution in [3.8, 4) is 11.5 Å². The molecule has 0 aromatic heterocycles. The number of rotatable bonds is 9. The third kappa shape index (κ3) is 7.29. The maximum absolute atomic E-state index is 13.2. The van der Waals surface area contributed by atoms with Gasteiger partial charge in [-0.25, -0.2) is 4.79 Å². The van der Waals surface area contributed by atoms with Crippen LogP contribution >= 0.6 is 23.2 Å². The fourth-order valence-electron chi connectivity index (χ4n) is 3.53. The van der Waals surface area contributed by atoms with Crippen molar-refractivity contribution in [1.82, 2.24) is 9.80 Å². The van der Waals surface area contributed by atoms with Crippen LogP contribution in [0.2, 0.25) is 10.0 Å². The zero-order valence-corrected chi connectivity index (χ0v) is 20.9. The summed E-state index contributed by atoms with van der Waals surface area (Å²) in [6.07, 6.45) is -5.62. The topological polar surface area (TPSA) is 59.1 Å². The van der Waals surface area contributed by atoms with E-state index in [-0.39, 0.29) is 28.8 Å². The van der Waals surface area contributed by atoms with Crippen LogP contribution in [0, 0.1) is 0 Å². The molecular formula is C24H25Cl2F3N2O4. The van der Waals surface area contributed by atoms with Gasteiger partial charge in [0, 0.05) is 26.7 Å². The summed E-state index contributed by atoms with van der Waals surface area (Å²) in [5.74, 6) is -0.526. The molecule has 2 aromatic rings. The van der Waals surface area contributed by atoms with Crippen molar-refractivity contribution in [2.24, 2.45) is 0 Å². The molecule has 0 radical (unpaired) electrons. The average molecular weight is 533 g/mol. The Morgan fingerprint density at radius 3 is 2.29 bits per heavy atom. The number of benzene rings is 2. The predicted molar refractivity (Wildman–Crippen MR) is 128 cm³/mol. The lowest BCUT2D eigenvalue weighted by atomic mass is 9.84. The van der Waals surface area contributed by atoms with Gasteiger partial charge in [-0.05, 0) is 36.2 Å². The molecule has 6 nitrogen and oxygen atoms in total. The Morgan fingerprint density at radius 2 is 1.71 bits per heavy atom. The van der Waals surface area contributed by atoms with Crippen molar-refractivity contribution in [2.75, 3.05) is 27.7 Å². The van der Waals surface area contributed by atoms with Gasteiger partial charge < -0.3 is 14.4 Å². The Hall–Kier alpha value is -2.91. The van der Waals surface area contributed by atoms with Gasteiger partial charge in [-0.3, -0.25) is 9.69 Å². The molecule has 11 heteroatoms. The molecule has 1 unspecified atom stereocenters. The standard InChI is InChI=1S/C24H25Cl2F3N2O4/c1-5-11-23(16-9-10-19(25)20(26)12-16,15-30(2)21(32)14-24(27,28)29)31(3)22(33)35-18-8-6-7-17(13-18)34-4/h5-10,12-13H,1,11,14-15H2,2-4H3. The van der Waals surface area contributed by atoms with E-state index < -0.39 is 30.1 Å². The van der Waals surface area contributed by atoms with E-state index in [1.807, 2.05) is 0 Å². The molecule has 0 aliphatic carbocycles. The summed E-state index contributed by atoms with van der Waals surface area (Å²) < 4.78 is 49.2. The van der Waals surface area contributed by atoms with Crippen molar-refractivity contribution in [1.29, 1.82) is 0 Å². The second-order valence-electron chi connectivity index (χ2n) is 7.80. The fraction of sp³-hybridized carbons (Fsp3) is 0.333. The Kier molecular flexibility index (Phi) is 9.45. The molecule has 0 bridgehead atoms. The van der Waals surface area contributed by atoms with Crippen molar-refractivity contribution in [2.45, 2.75) is 24.6 Å². The summed E-state index contributed by atoms with van der Waals surface area (Å²) in [7, 11) is 4.10. The average Bonchev–Trinajstić information content (AvgIpc) is 2.78. The van der Waals surface area contributed by atoms with E-state index in [2.05, 4.69) is 6.58 Å². The zero-order chi connectivity index (χ0) is 26.4. The van der Waals surface area contributed by atoms with Crippen LogP contribution in [-0.2, 0) is 10.3 Å². The smallest absolute Gasteiger partial charge is 0.415 e. The number of carbonyl (C=O) groups excluding carboxylic acids is 2. The molecule has 0 fully saturated rings. The van der Waals surface area contributed by atoms with E-state index in [1.54, 1.807) is 24.3 Å². The van der Waals surface area contributed by atoms with E-state index in [0.29, 0.717) is 11.3 Å². The number of methoxy groups -OCH3 is 1. The van der Waals surface area contributed by atoms with E-state index in [9.17, 15) is 22.8 Å². The first-order valence-electron chi connectivity index (χ1n) is 10.3. The maximum atomic E-state index is 13.2. The molecule has 35 heavy (non-hydrogen) atoms. The number of hydrogen-bond acceptors (Lipinski definition) is 4. The molecule has 0 saturated heterocycles. The Labute approximate surface area is 211 Å². The van der Waals surface area contributed by atoms with E-state index in [4.69, 9.17) is 32.7 Å². The van der Waals surface area contributed by atoms with Crippen LogP contribution < -0.4 is 9.47 Å². The van der Waals surface area contributed by atoms with Gasteiger partial charge in [0.05, 0.1) is 22.7 Å². The van der Waals surface area contributed by atoms with Gasteiger partial charge in [0.2, 0.25) is 5.91 Å². The number of nitrogens with zero attached hydrogens (tertiary/aromatic N) is 2. The summed E-state index contributed by atoms with van der Waals surface area (Å²) in [4.78, 5) is 27.7. The molecule has 0 spiro atoms. The quantitative estimate of drug-likeness (QED) is 0.355. The second-order valence-corrected chi connectivity index (χ2v) is 8.62. The first-order chi connectivity index (χ1) is 16.3. The number of alkyl halides is 3. The number of likely N-dealkylation sites (N-methyl/N-ethyl adjacent to an activating group) is 2. The van der Waals surface area contributed by atoms with Crippen molar-refractivity contribution in [3.05, 3.63) is 70.7 Å². The van der Waals surface area contributed by atoms with Gasteiger partial charge in [0.25, 0.3) is 0 Å². The van der Waals surface area contributed by atoms with Crippen LogP contribution in [-0.4, -0.2) is 55.7 Å². The molecule has 0 aliphatic rings. The van der Waals surface area contributed by atoms with Gasteiger partial charge in [-0.15, -0.1) is 6.58 Å². The van der Waals surface area contributed by atoms with Crippen molar-refractivity contribution >= 4 is 35.2 Å². The molecule has 190 valence electrons. The summed E-state index contributed by atoms with van der Waals surface area (Å²) >= 11 is 12.3. The highest BCUT2D eigenvalue weighted by Gasteiger charge is 2.43. The maximum Gasteiger partial charge on any atom is 0.415 e. The van der Waals surface area contributed by atoms with E-state index >= 15 is 0 Å². The monoisotopic (exact) mass is 532 g/mol. The summed E-state index contributed by atoms with van der Waals surface area (Å²) in [5.41, 5.74) is -0.967. The Balaban J connectivity index is 2.52. The number of carbonyl (C=O) groups is 2. The van der Waals surface area contributed by atoms with Crippen LogP contribution in [0.1, 0.15) is 18.4 Å². The second kappa shape index (κ2) is 11.7. The van der Waals surface area contributed by atoms with Crippen molar-refractivity contribution in [3.63, 3.8) is 0 Å². The molecule has 1 atom stereocenters. The minimum atomic E-state index is -4.69. The van der Waals surface area contributed by atoms with Crippen LogP contribution in [0.3, 0.4) is 0 Å². The van der Waals surface area contributed by atoms with Crippen LogP contribution in [0.4, 0.5) is 18.0 Å². The third-order valence-electron chi connectivity index (χ3n) is 5.38. The van der Waals surface area contributed by atoms with Gasteiger partial charge in [0.15, 0.2) is 0 Å². The van der Waals surface area contributed by atoms with Crippen LogP contribution in [0.15, 0.2) is 55.1 Å². The lowest BCUT2D eigenvalue weighted by molar-refractivity contribution is -0.161. The first kappa shape index (κ1) is 28.3. The van der Waals surface area contributed by atoms with Gasteiger partial charge in [-0.2, -0.15) is 13.2 Å². The number of hydrogen-bond donors (Lipinski definition) is 0. The minimum Gasteiger partial charge on any atom is -0.497 e. The Morgan fingerprint density at radius 1 is 1.06 bits per heavy atom. The highest BCUT2D eigenvalue weighted by molar-refractivity contribution is 6.42. The normalized spacial score (nSPS) is 12.9. The fourth-order valence-corrected chi connectivity index (χ4v) is 3.83. The molecule has 0 heterocycles. The molecule has 0 saturated carbocycles. The van der Waals surface area contributed by atoms with E-state index in [1.165, 1.54) is 50.4 Å². The number of ether oxygens (including phenoxy) is 2. The van der Waals surface area contributed by atoms with Crippen LogP contribution in [0.5, 0.6) is 11.5 Å². The Bertz CT molecular complexity index is 1080. The number of amides is 2. The van der Waals surface area contributed by atoms with Crippen molar-refractivity contribution < 1.29 is 32.2 Å². The third-order valence-corrected chi connectivity index (χ3v) is 6.12. The summed E-state index contributed by atoms with van der Waals surface area (Å²) in [6.45, 7) is 3.42. The predicted octanol–water partition coefficient (Wildman–Crippen LogP) is 6.32. The molecule has 0 aliphatic heterocycles. The minimum absolute atomic E-state index is 0.0539. The molecule has 2 aromatic carbocycles. The SMILES string of the molecule is C=CCC(CN(C)C(=O)CC(F)(F)F)(c1ccc(Cl)c(Cl)c1)N(C)C(=O)Oc1cccc(OC)c1. The summed E-state index contributed by atoms with van der Waals surface area (Å²) in [5, 5.41) is 0.405. The molecule has 0 N–H and O–H groups in total. The largest absolute Gasteiger partial charge is 0.497 e. The first-order valence-corrected chi connectivity index (χ1v) is 11.1. The van der Waals surface area contributed by atoms with Gasteiger partial charge in [0.1, 0.15) is 17.9 Å². The highest BCUT2D eigenvalue weighted by Crippen LogP contribution is 2.37. The lowest BCUT2D eigenvalue weighted by Crippen LogP contribution is -2.55. The molecule has 2 rings (SSSR count). The van der Waals surface area contributed by atoms with Gasteiger partial charge in [-0.1, -0.05) is 41.4 Å². The lowest BCUT2D eigenvalue weighted by Gasteiger charge is -2.43. The highest BCUT2D eigenvalue weighted by atomic mass is 35.5.